The van der Waals surface area contributed by atoms with Crippen LogP contribution in [-0.2, 0) is 0 Å². The molecule has 0 aliphatic rings. The van der Waals surface area contributed by atoms with E-state index in [1.54, 1.807) is 30.3 Å². The van der Waals surface area contributed by atoms with Gasteiger partial charge in [0.05, 0.1) is 0 Å². The van der Waals surface area contributed by atoms with Gasteiger partial charge in [0.25, 0.3) is 0 Å². The number of aryl methyl sites for hydroxylation is 1. The van der Waals surface area contributed by atoms with Crippen LogP contribution < -0.4 is 10.5 Å². The number of hydrogen-bond donors (Lipinski definition) is 3. The molecule has 0 radical (unpaired) electrons. The van der Waals surface area contributed by atoms with Crippen molar-refractivity contribution in [1.29, 1.82) is 0 Å². The van der Waals surface area contributed by atoms with Gasteiger partial charge in [-0.1, -0.05) is 5.16 Å². The second-order valence-electron chi connectivity index (χ2n) is 3.50. The fourth-order valence-corrected chi connectivity index (χ4v) is 1.32. The van der Waals surface area contributed by atoms with Gasteiger partial charge < -0.3 is 15.7 Å². The van der Waals surface area contributed by atoms with E-state index < -0.39 is 0 Å². The average Bonchev–Trinajstić information content (AvgIpc) is 2.75. The van der Waals surface area contributed by atoms with Gasteiger partial charge in [0.15, 0.2) is 5.84 Å². The minimum absolute atomic E-state index is 0.0622. The molecule has 17 heavy (non-hydrogen) atoms. The molecule has 6 nitrogen and oxygen atoms in total. The fourth-order valence-electron chi connectivity index (χ4n) is 1.32. The van der Waals surface area contributed by atoms with E-state index in [0.29, 0.717) is 17.2 Å². The molecule has 0 bridgehead atoms. The molecule has 0 fully saturated rings. The van der Waals surface area contributed by atoms with E-state index in [4.69, 9.17) is 15.7 Å². The Bertz CT molecular complexity index is 531. The quantitative estimate of drug-likeness (QED) is 0.324. The van der Waals surface area contributed by atoms with E-state index in [1.807, 2.05) is 6.92 Å². The average molecular weight is 232 g/mol. The molecular weight excluding hydrogens is 220 g/mol. The smallest absolute Gasteiger partial charge is 0.238 e. The summed E-state index contributed by atoms with van der Waals surface area (Å²) in [5.41, 5.74) is 6.99. The van der Waals surface area contributed by atoms with Gasteiger partial charge in [0, 0.05) is 17.3 Å². The Morgan fingerprint density at radius 3 is 2.65 bits per heavy atom. The Morgan fingerprint density at radius 1 is 1.41 bits per heavy atom. The second-order valence-corrected chi connectivity index (χ2v) is 3.50. The van der Waals surface area contributed by atoms with Crippen LogP contribution in [0, 0.1) is 6.92 Å². The highest BCUT2D eigenvalue weighted by molar-refractivity contribution is 5.97. The minimum Gasteiger partial charge on any atom is -0.438 e. The molecule has 1 aromatic carbocycles. The maximum Gasteiger partial charge on any atom is 0.238 e. The van der Waals surface area contributed by atoms with Crippen LogP contribution in [0.3, 0.4) is 0 Å². The predicted molar refractivity (Wildman–Crippen MR) is 62.4 cm³/mol. The zero-order valence-corrected chi connectivity index (χ0v) is 9.21. The largest absolute Gasteiger partial charge is 0.438 e. The standard InChI is InChI=1S/C11H12N4O2/c1-7-6-10(14-13-7)17-9-4-2-8(3-5-9)11(12)15-16/h2-6,16H,1H3,(H2,12,15)(H,13,14). The number of rotatable bonds is 3. The van der Waals surface area contributed by atoms with Crippen molar-refractivity contribution < 1.29 is 9.94 Å². The Kier molecular flexibility index (Phi) is 2.95. The van der Waals surface area contributed by atoms with Crippen molar-refractivity contribution in [2.24, 2.45) is 10.9 Å². The Labute approximate surface area is 97.7 Å². The molecule has 1 aromatic heterocycles. The molecule has 0 saturated carbocycles. The molecule has 0 aliphatic carbocycles. The fraction of sp³-hybridized carbons (Fsp3) is 0.0909. The van der Waals surface area contributed by atoms with Crippen LogP contribution in [0.4, 0.5) is 0 Å². The molecule has 4 N–H and O–H groups in total. The van der Waals surface area contributed by atoms with Crippen LogP contribution in [0.15, 0.2) is 35.5 Å². The summed E-state index contributed by atoms with van der Waals surface area (Å²) in [4.78, 5) is 0. The third-order valence-electron chi connectivity index (χ3n) is 2.16. The summed E-state index contributed by atoms with van der Waals surface area (Å²) in [6, 6.07) is 8.63. The van der Waals surface area contributed by atoms with E-state index in [1.165, 1.54) is 0 Å². The van der Waals surface area contributed by atoms with Gasteiger partial charge in [0.2, 0.25) is 5.88 Å². The van der Waals surface area contributed by atoms with Crippen LogP contribution in [0.2, 0.25) is 0 Å². The number of benzene rings is 1. The van der Waals surface area contributed by atoms with Gasteiger partial charge in [-0.05, 0) is 31.2 Å². The van der Waals surface area contributed by atoms with Crippen LogP contribution >= 0.6 is 0 Å². The molecule has 0 spiro atoms. The van der Waals surface area contributed by atoms with Gasteiger partial charge >= 0.3 is 0 Å². The summed E-state index contributed by atoms with van der Waals surface area (Å²) in [6.07, 6.45) is 0. The van der Waals surface area contributed by atoms with Crippen molar-refractivity contribution in [2.45, 2.75) is 6.92 Å². The third kappa shape index (κ3) is 2.54. The first-order valence-corrected chi connectivity index (χ1v) is 4.97. The topological polar surface area (TPSA) is 96.5 Å². The van der Waals surface area contributed by atoms with Crippen LogP contribution in [0.1, 0.15) is 11.3 Å². The third-order valence-corrected chi connectivity index (χ3v) is 2.16. The van der Waals surface area contributed by atoms with Crippen molar-refractivity contribution in [2.75, 3.05) is 0 Å². The molecule has 88 valence electrons. The number of nitrogens with one attached hydrogen (secondary N) is 1. The second kappa shape index (κ2) is 4.56. The highest BCUT2D eigenvalue weighted by Crippen LogP contribution is 2.19. The minimum atomic E-state index is 0.0622. The monoisotopic (exact) mass is 232 g/mol. The van der Waals surface area contributed by atoms with E-state index in [9.17, 15) is 0 Å². The summed E-state index contributed by atoms with van der Waals surface area (Å²) in [6.45, 7) is 1.89. The number of ether oxygens (including phenoxy) is 1. The zero-order chi connectivity index (χ0) is 12.3. The van der Waals surface area contributed by atoms with Crippen LogP contribution in [0.25, 0.3) is 0 Å². The van der Waals surface area contributed by atoms with Crippen molar-refractivity contribution in [3.63, 3.8) is 0 Å². The number of amidine groups is 1. The first-order valence-electron chi connectivity index (χ1n) is 4.97. The number of hydrogen-bond acceptors (Lipinski definition) is 4. The molecule has 0 aliphatic heterocycles. The van der Waals surface area contributed by atoms with Gasteiger partial charge in [-0.2, -0.15) is 0 Å². The number of nitrogens with two attached hydrogens (primary N) is 1. The van der Waals surface area contributed by atoms with Crippen molar-refractivity contribution in [1.82, 2.24) is 10.2 Å². The maximum absolute atomic E-state index is 8.51. The molecule has 0 unspecified atom stereocenters. The van der Waals surface area contributed by atoms with Crippen LogP contribution in [0.5, 0.6) is 11.6 Å². The van der Waals surface area contributed by atoms with Crippen LogP contribution in [-0.4, -0.2) is 21.2 Å². The summed E-state index contributed by atoms with van der Waals surface area (Å²) in [5, 5.41) is 18.2. The van der Waals surface area contributed by atoms with Crippen molar-refractivity contribution >= 4 is 5.84 Å². The van der Waals surface area contributed by atoms with E-state index in [0.717, 1.165) is 5.69 Å². The normalized spacial score (nSPS) is 11.5. The highest BCUT2D eigenvalue weighted by atomic mass is 16.5. The van der Waals surface area contributed by atoms with Crippen molar-refractivity contribution in [3.8, 4) is 11.6 Å². The lowest BCUT2D eigenvalue weighted by Crippen LogP contribution is -2.12. The molecule has 2 aromatic rings. The SMILES string of the molecule is Cc1cc(Oc2ccc(/C(N)=N/O)cc2)n[nH]1. The van der Waals surface area contributed by atoms with Gasteiger partial charge in [-0.15, -0.1) is 5.10 Å². The lowest BCUT2D eigenvalue weighted by Gasteiger charge is -2.03. The molecule has 0 atom stereocenters. The molecule has 0 saturated heterocycles. The summed E-state index contributed by atoms with van der Waals surface area (Å²) in [5.74, 6) is 1.19. The molecule has 0 amide bonds. The van der Waals surface area contributed by atoms with Gasteiger partial charge in [-0.3, -0.25) is 5.10 Å². The lowest BCUT2D eigenvalue weighted by atomic mass is 10.2. The number of H-pyrrole nitrogens is 1. The lowest BCUT2D eigenvalue weighted by molar-refractivity contribution is 0.318. The number of aromatic amines is 1. The zero-order valence-electron chi connectivity index (χ0n) is 9.21. The number of oxime groups is 1. The summed E-state index contributed by atoms with van der Waals surface area (Å²) in [7, 11) is 0. The molecule has 2 rings (SSSR count). The maximum atomic E-state index is 8.51. The van der Waals surface area contributed by atoms with E-state index >= 15 is 0 Å². The summed E-state index contributed by atoms with van der Waals surface area (Å²) >= 11 is 0. The first kappa shape index (κ1) is 11.0. The van der Waals surface area contributed by atoms with Crippen molar-refractivity contribution in [3.05, 3.63) is 41.6 Å². The number of aromatic nitrogens is 2. The molecule has 1 heterocycles. The van der Waals surface area contributed by atoms with Gasteiger partial charge in [0.1, 0.15) is 5.75 Å². The van der Waals surface area contributed by atoms with Gasteiger partial charge in [-0.25, -0.2) is 0 Å². The van der Waals surface area contributed by atoms with E-state index in [-0.39, 0.29) is 5.84 Å². The predicted octanol–water partition coefficient (Wildman–Crippen LogP) is 1.60. The number of nitrogens with zero attached hydrogens (tertiary/aromatic N) is 2. The molecule has 6 heteroatoms. The Balaban J connectivity index is 2.13. The van der Waals surface area contributed by atoms with E-state index in [2.05, 4.69) is 15.4 Å². The Morgan fingerprint density at radius 2 is 2.12 bits per heavy atom. The summed E-state index contributed by atoms with van der Waals surface area (Å²) < 4.78 is 5.48. The highest BCUT2D eigenvalue weighted by Gasteiger charge is 2.02. The first-order chi connectivity index (χ1) is 8.19. The Hall–Kier alpha value is -2.50. The molecular formula is C11H12N4O2.